The minimum atomic E-state index is -0.443. The summed E-state index contributed by atoms with van der Waals surface area (Å²) in [7, 11) is 1.31. The fourth-order valence-corrected chi connectivity index (χ4v) is 2.47. The van der Waals surface area contributed by atoms with Crippen LogP contribution in [0.15, 0.2) is 53.3 Å². The highest BCUT2D eigenvalue weighted by molar-refractivity contribution is 5.96. The van der Waals surface area contributed by atoms with Crippen molar-refractivity contribution in [3.63, 3.8) is 0 Å². The number of rotatable bonds is 4. The van der Waals surface area contributed by atoms with Crippen LogP contribution in [0.1, 0.15) is 16.1 Å². The normalized spacial score (nSPS) is 10.4. The molecule has 2 N–H and O–H groups in total. The number of carbonyl (C=O) groups excluding carboxylic acids is 2. The fraction of sp³-hybridized carbons (Fsp3) is 0.111. The van der Waals surface area contributed by atoms with Gasteiger partial charge in [-0.1, -0.05) is 18.2 Å². The van der Waals surface area contributed by atoms with E-state index in [0.717, 1.165) is 0 Å². The molecule has 3 aromatic rings. The molecule has 0 saturated carbocycles. The average molecular weight is 337 g/mol. The second-order valence-corrected chi connectivity index (χ2v) is 5.34. The lowest BCUT2D eigenvalue weighted by atomic mass is 10.1. The highest BCUT2D eigenvalue weighted by Crippen LogP contribution is 2.14. The number of methoxy groups -OCH3 is 1. The Hall–Kier alpha value is -3.48. The van der Waals surface area contributed by atoms with Crippen LogP contribution in [0.3, 0.4) is 0 Å². The molecule has 0 aliphatic rings. The minimum Gasteiger partial charge on any atom is -0.465 e. The van der Waals surface area contributed by atoms with Crippen LogP contribution in [-0.2, 0) is 16.0 Å². The standard InChI is InChI=1S/C18H15N3O4/c1-25-18(24)11-6-8-12(9-7-11)19-16(22)10-15-13-4-2-3-5-14(13)17(23)21-20-15/h2-9H,10H2,1H3,(H,19,22)(H,21,23). The molecule has 0 radical (unpaired) electrons. The van der Waals surface area contributed by atoms with Crippen molar-refractivity contribution in [1.82, 2.24) is 10.2 Å². The SMILES string of the molecule is COC(=O)c1ccc(NC(=O)Cc2n[nH]c(=O)c3ccccc23)cc1. The summed E-state index contributed by atoms with van der Waals surface area (Å²) >= 11 is 0. The monoisotopic (exact) mass is 337 g/mol. The third kappa shape index (κ3) is 3.55. The molecular formula is C18H15N3O4. The fourth-order valence-electron chi connectivity index (χ4n) is 2.47. The predicted molar refractivity (Wildman–Crippen MR) is 92.5 cm³/mol. The second-order valence-electron chi connectivity index (χ2n) is 5.34. The van der Waals surface area contributed by atoms with Gasteiger partial charge in [0.25, 0.3) is 5.56 Å². The Kier molecular flexibility index (Phi) is 4.56. The highest BCUT2D eigenvalue weighted by Gasteiger charge is 2.11. The number of hydrogen-bond donors (Lipinski definition) is 2. The first-order valence-electron chi connectivity index (χ1n) is 7.53. The van der Waals surface area contributed by atoms with Crippen molar-refractivity contribution in [2.75, 3.05) is 12.4 Å². The summed E-state index contributed by atoms with van der Waals surface area (Å²) in [5.74, 6) is -0.725. The minimum absolute atomic E-state index is 0.00997. The van der Waals surface area contributed by atoms with Gasteiger partial charge in [-0.05, 0) is 30.3 Å². The molecule has 0 atom stereocenters. The maximum atomic E-state index is 12.3. The van der Waals surface area contributed by atoms with Gasteiger partial charge in [-0.25, -0.2) is 9.89 Å². The molecule has 0 fully saturated rings. The van der Waals surface area contributed by atoms with E-state index in [1.54, 1.807) is 48.5 Å². The molecule has 1 heterocycles. The van der Waals surface area contributed by atoms with E-state index in [2.05, 4.69) is 20.3 Å². The van der Waals surface area contributed by atoms with Crippen LogP contribution in [0.2, 0.25) is 0 Å². The second kappa shape index (κ2) is 6.96. The smallest absolute Gasteiger partial charge is 0.337 e. The Morgan fingerprint density at radius 1 is 1.08 bits per heavy atom. The van der Waals surface area contributed by atoms with Crippen LogP contribution in [0.4, 0.5) is 5.69 Å². The lowest BCUT2D eigenvalue weighted by Gasteiger charge is -2.07. The zero-order valence-electron chi connectivity index (χ0n) is 13.4. The Morgan fingerprint density at radius 2 is 1.76 bits per heavy atom. The van der Waals surface area contributed by atoms with Gasteiger partial charge in [0, 0.05) is 11.1 Å². The summed E-state index contributed by atoms with van der Waals surface area (Å²) < 4.78 is 4.62. The lowest BCUT2D eigenvalue weighted by molar-refractivity contribution is -0.115. The van der Waals surface area contributed by atoms with Crippen LogP contribution >= 0.6 is 0 Å². The molecule has 126 valence electrons. The molecular weight excluding hydrogens is 322 g/mol. The molecule has 7 heteroatoms. The molecule has 0 aliphatic carbocycles. The Balaban J connectivity index is 1.76. The summed E-state index contributed by atoms with van der Waals surface area (Å²) in [6.07, 6.45) is 0.00997. The quantitative estimate of drug-likeness (QED) is 0.708. The number of benzene rings is 2. The van der Waals surface area contributed by atoms with Crippen molar-refractivity contribution in [2.45, 2.75) is 6.42 Å². The number of amides is 1. The third-order valence-electron chi connectivity index (χ3n) is 3.69. The van der Waals surface area contributed by atoms with Crippen LogP contribution in [0.25, 0.3) is 10.8 Å². The first kappa shape index (κ1) is 16.4. The highest BCUT2D eigenvalue weighted by atomic mass is 16.5. The van der Waals surface area contributed by atoms with Gasteiger partial charge in [-0.3, -0.25) is 9.59 Å². The number of hydrogen-bond acceptors (Lipinski definition) is 5. The summed E-state index contributed by atoms with van der Waals surface area (Å²) in [6.45, 7) is 0. The Bertz CT molecular complexity index is 993. The molecule has 0 bridgehead atoms. The van der Waals surface area contributed by atoms with E-state index in [4.69, 9.17) is 0 Å². The molecule has 3 rings (SSSR count). The van der Waals surface area contributed by atoms with E-state index >= 15 is 0 Å². The van der Waals surface area contributed by atoms with Gasteiger partial charge in [-0.15, -0.1) is 0 Å². The lowest BCUT2D eigenvalue weighted by Crippen LogP contribution is -2.18. The molecule has 1 aromatic heterocycles. The van der Waals surface area contributed by atoms with E-state index in [0.29, 0.717) is 27.7 Å². The summed E-state index contributed by atoms with van der Waals surface area (Å²) in [5, 5.41) is 10.2. The van der Waals surface area contributed by atoms with Crippen molar-refractivity contribution in [3.8, 4) is 0 Å². The van der Waals surface area contributed by atoms with Crippen LogP contribution in [0.5, 0.6) is 0 Å². The van der Waals surface area contributed by atoms with E-state index in [1.165, 1.54) is 7.11 Å². The van der Waals surface area contributed by atoms with Crippen LogP contribution in [-0.4, -0.2) is 29.2 Å². The maximum absolute atomic E-state index is 12.3. The largest absolute Gasteiger partial charge is 0.465 e. The maximum Gasteiger partial charge on any atom is 0.337 e. The molecule has 0 aliphatic heterocycles. The van der Waals surface area contributed by atoms with Gasteiger partial charge >= 0.3 is 5.97 Å². The van der Waals surface area contributed by atoms with Crippen molar-refractivity contribution in [3.05, 3.63) is 70.1 Å². The number of H-pyrrole nitrogens is 1. The summed E-state index contributed by atoms with van der Waals surface area (Å²) in [4.78, 5) is 35.4. The summed E-state index contributed by atoms with van der Waals surface area (Å²) in [6, 6.07) is 13.3. The first-order chi connectivity index (χ1) is 12.1. The third-order valence-corrected chi connectivity index (χ3v) is 3.69. The van der Waals surface area contributed by atoms with Gasteiger partial charge in [0.1, 0.15) is 0 Å². The van der Waals surface area contributed by atoms with Gasteiger partial charge in [0.05, 0.1) is 30.2 Å². The number of esters is 1. The number of nitrogens with one attached hydrogen (secondary N) is 2. The molecule has 25 heavy (non-hydrogen) atoms. The van der Waals surface area contributed by atoms with Gasteiger partial charge in [0.2, 0.25) is 5.91 Å². The molecule has 1 amide bonds. The van der Waals surface area contributed by atoms with Crippen molar-refractivity contribution in [1.29, 1.82) is 0 Å². The number of anilines is 1. The molecule has 0 spiro atoms. The zero-order chi connectivity index (χ0) is 17.8. The molecule has 0 saturated heterocycles. The average Bonchev–Trinajstić information content (AvgIpc) is 2.64. The van der Waals surface area contributed by atoms with E-state index in [-0.39, 0.29) is 17.9 Å². The number of aromatic amines is 1. The van der Waals surface area contributed by atoms with Gasteiger partial charge < -0.3 is 10.1 Å². The van der Waals surface area contributed by atoms with Crippen LogP contribution in [0, 0.1) is 0 Å². The Morgan fingerprint density at radius 3 is 2.44 bits per heavy atom. The van der Waals surface area contributed by atoms with Crippen LogP contribution < -0.4 is 10.9 Å². The predicted octanol–water partition coefficient (Wildman–Crippen LogP) is 1.89. The number of aromatic nitrogens is 2. The van der Waals surface area contributed by atoms with Crippen molar-refractivity contribution < 1.29 is 14.3 Å². The van der Waals surface area contributed by atoms with E-state index < -0.39 is 5.97 Å². The molecule has 0 unspecified atom stereocenters. The van der Waals surface area contributed by atoms with E-state index in [1.807, 2.05) is 0 Å². The van der Waals surface area contributed by atoms with Gasteiger partial charge in [0.15, 0.2) is 0 Å². The molecule has 7 nitrogen and oxygen atoms in total. The number of fused-ring (bicyclic) bond motifs is 1. The number of ether oxygens (including phenoxy) is 1. The number of nitrogens with zero attached hydrogens (tertiary/aromatic N) is 1. The topological polar surface area (TPSA) is 101 Å². The zero-order valence-corrected chi connectivity index (χ0v) is 13.4. The first-order valence-corrected chi connectivity index (χ1v) is 7.53. The molecule has 2 aromatic carbocycles. The Labute approximate surface area is 142 Å². The van der Waals surface area contributed by atoms with Crippen molar-refractivity contribution in [2.24, 2.45) is 0 Å². The summed E-state index contributed by atoms with van der Waals surface area (Å²) in [5.41, 5.74) is 1.14. The van der Waals surface area contributed by atoms with Crippen molar-refractivity contribution >= 4 is 28.3 Å². The van der Waals surface area contributed by atoms with E-state index in [9.17, 15) is 14.4 Å². The van der Waals surface area contributed by atoms with Gasteiger partial charge in [-0.2, -0.15) is 5.10 Å². The number of carbonyl (C=O) groups is 2.